The Morgan fingerprint density at radius 2 is 1.48 bits per heavy atom. The van der Waals surface area contributed by atoms with Crippen LogP contribution < -0.4 is 5.32 Å². The summed E-state index contributed by atoms with van der Waals surface area (Å²) < 4.78 is 2.04. The molecule has 0 radical (unpaired) electrons. The fourth-order valence-corrected chi connectivity index (χ4v) is 3.81. The summed E-state index contributed by atoms with van der Waals surface area (Å²) in [6.45, 7) is 9.42. The molecule has 4 nitrogen and oxygen atoms in total. The van der Waals surface area contributed by atoms with Crippen molar-refractivity contribution in [3.63, 3.8) is 0 Å². The first-order chi connectivity index (χ1) is 13.7. The molecule has 0 atom stereocenters. The van der Waals surface area contributed by atoms with Crippen molar-refractivity contribution in [3.8, 4) is 16.8 Å². The Morgan fingerprint density at radius 1 is 0.931 bits per heavy atom. The van der Waals surface area contributed by atoms with Crippen LogP contribution in [-0.2, 0) is 11.2 Å². The SMILES string of the molecule is CC(=O)c1c(-c2ccccc2)c(CC(=O)NC(C)(C)C)n(-c2ccccc2)c1C. The van der Waals surface area contributed by atoms with E-state index in [4.69, 9.17) is 0 Å². The van der Waals surface area contributed by atoms with Gasteiger partial charge in [-0.3, -0.25) is 9.59 Å². The third kappa shape index (κ3) is 4.48. The monoisotopic (exact) mass is 388 g/mol. The Kier molecular flexibility index (Phi) is 5.73. The molecule has 1 aromatic heterocycles. The minimum Gasteiger partial charge on any atom is -0.351 e. The molecular weight excluding hydrogens is 360 g/mol. The lowest BCUT2D eigenvalue weighted by Gasteiger charge is -2.21. The van der Waals surface area contributed by atoms with Crippen molar-refractivity contribution >= 4 is 11.7 Å². The number of amides is 1. The van der Waals surface area contributed by atoms with Crippen LogP contribution in [-0.4, -0.2) is 21.8 Å². The van der Waals surface area contributed by atoms with E-state index >= 15 is 0 Å². The number of para-hydroxylation sites is 1. The van der Waals surface area contributed by atoms with Gasteiger partial charge in [0.05, 0.1) is 6.42 Å². The lowest BCUT2D eigenvalue weighted by Crippen LogP contribution is -2.41. The molecule has 0 aliphatic carbocycles. The average molecular weight is 389 g/mol. The number of nitrogens with zero attached hydrogens (tertiary/aromatic N) is 1. The number of nitrogens with one attached hydrogen (secondary N) is 1. The molecular formula is C25H28N2O2. The van der Waals surface area contributed by atoms with Crippen molar-refractivity contribution in [3.05, 3.63) is 77.6 Å². The van der Waals surface area contributed by atoms with Gasteiger partial charge in [-0.1, -0.05) is 48.5 Å². The molecule has 0 bridgehead atoms. The van der Waals surface area contributed by atoms with Crippen LogP contribution in [0.1, 0.15) is 49.4 Å². The summed E-state index contributed by atoms with van der Waals surface area (Å²) in [4.78, 5) is 25.5. The van der Waals surface area contributed by atoms with Gasteiger partial charge in [0.15, 0.2) is 5.78 Å². The highest BCUT2D eigenvalue weighted by molar-refractivity contribution is 6.04. The van der Waals surface area contributed by atoms with Crippen LogP contribution in [0.2, 0.25) is 0 Å². The number of aromatic nitrogens is 1. The van der Waals surface area contributed by atoms with Crippen molar-refractivity contribution < 1.29 is 9.59 Å². The van der Waals surface area contributed by atoms with E-state index in [2.05, 4.69) is 5.32 Å². The molecule has 3 rings (SSSR count). The summed E-state index contributed by atoms with van der Waals surface area (Å²) in [5, 5.41) is 3.05. The molecule has 1 N–H and O–H groups in total. The van der Waals surface area contributed by atoms with E-state index < -0.39 is 0 Å². The fraction of sp³-hybridized carbons (Fsp3) is 0.280. The largest absolute Gasteiger partial charge is 0.351 e. The Bertz CT molecular complexity index is 1030. The quantitative estimate of drug-likeness (QED) is 0.617. The molecule has 0 aliphatic rings. The van der Waals surface area contributed by atoms with Crippen molar-refractivity contribution in [2.24, 2.45) is 0 Å². The second-order valence-corrected chi connectivity index (χ2v) is 8.35. The first kappa shape index (κ1) is 20.6. The first-order valence-electron chi connectivity index (χ1n) is 9.86. The number of carbonyl (C=O) groups is 2. The van der Waals surface area contributed by atoms with E-state index in [0.29, 0.717) is 5.56 Å². The van der Waals surface area contributed by atoms with Gasteiger partial charge in [-0.2, -0.15) is 0 Å². The molecule has 3 aromatic rings. The molecule has 1 heterocycles. The number of hydrogen-bond donors (Lipinski definition) is 1. The third-order valence-corrected chi connectivity index (χ3v) is 4.78. The van der Waals surface area contributed by atoms with Crippen molar-refractivity contribution in [2.45, 2.75) is 46.6 Å². The summed E-state index contributed by atoms with van der Waals surface area (Å²) in [5.41, 5.74) is 4.73. The molecule has 0 saturated heterocycles. The van der Waals surface area contributed by atoms with Crippen molar-refractivity contribution in [1.82, 2.24) is 9.88 Å². The predicted octanol–water partition coefficient (Wildman–Crippen LogP) is 5.11. The standard InChI is InChI=1S/C25H28N2O2/c1-17-23(18(2)28)24(19-12-8-6-9-13-19)21(16-22(29)26-25(3,4)5)27(17)20-14-10-7-11-15-20/h6-15H,16H2,1-5H3,(H,26,29). The normalized spacial score (nSPS) is 11.3. The fourth-order valence-electron chi connectivity index (χ4n) is 3.81. The Hall–Kier alpha value is -3.14. The summed E-state index contributed by atoms with van der Waals surface area (Å²) in [6, 6.07) is 19.7. The zero-order chi connectivity index (χ0) is 21.2. The number of ketones is 1. The summed E-state index contributed by atoms with van der Waals surface area (Å²) >= 11 is 0. The molecule has 0 spiro atoms. The summed E-state index contributed by atoms with van der Waals surface area (Å²) in [5.74, 6) is -0.0759. The molecule has 0 aliphatic heterocycles. The summed E-state index contributed by atoms with van der Waals surface area (Å²) in [6.07, 6.45) is 0.185. The minimum atomic E-state index is -0.327. The molecule has 0 unspecified atom stereocenters. The van der Waals surface area contributed by atoms with Gasteiger partial charge in [0, 0.05) is 33.7 Å². The van der Waals surface area contributed by atoms with Gasteiger partial charge in [0.1, 0.15) is 0 Å². The minimum absolute atomic E-state index is 0.00601. The second kappa shape index (κ2) is 8.08. The van der Waals surface area contributed by atoms with E-state index in [1.54, 1.807) is 6.92 Å². The molecule has 0 fully saturated rings. The van der Waals surface area contributed by atoms with Crippen LogP contribution in [0.3, 0.4) is 0 Å². The smallest absolute Gasteiger partial charge is 0.226 e. The van der Waals surface area contributed by atoms with Crippen LogP contribution in [0.15, 0.2) is 60.7 Å². The van der Waals surface area contributed by atoms with Gasteiger partial charge in [0.2, 0.25) is 5.91 Å². The first-order valence-corrected chi connectivity index (χ1v) is 9.86. The zero-order valence-electron chi connectivity index (χ0n) is 17.7. The molecule has 4 heteroatoms. The summed E-state index contributed by atoms with van der Waals surface area (Å²) in [7, 11) is 0. The Balaban J connectivity index is 2.28. The third-order valence-electron chi connectivity index (χ3n) is 4.78. The topological polar surface area (TPSA) is 51.1 Å². The number of hydrogen-bond acceptors (Lipinski definition) is 2. The van der Waals surface area contributed by atoms with Crippen LogP contribution in [0, 0.1) is 6.92 Å². The molecule has 150 valence electrons. The van der Waals surface area contributed by atoms with Crippen molar-refractivity contribution in [2.75, 3.05) is 0 Å². The van der Waals surface area contributed by atoms with Gasteiger partial charge in [-0.05, 0) is 52.3 Å². The Labute approximate surface area is 172 Å². The zero-order valence-corrected chi connectivity index (χ0v) is 17.7. The molecule has 29 heavy (non-hydrogen) atoms. The second-order valence-electron chi connectivity index (χ2n) is 8.35. The van der Waals surface area contributed by atoms with E-state index in [0.717, 1.165) is 28.2 Å². The van der Waals surface area contributed by atoms with Crippen LogP contribution in [0.5, 0.6) is 0 Å². The van der Waals surface area contributed by atoms with E-state index in [-0.39, 0.29) is 23.7 Å². The maximum absolute atomic E-state index is 12.9. The van der Waals surface area contributed by atoms with Crippen LogP contribution in [0.25, 0.3) is 16.8 Å². The molecule has 2 aromatic carbocycles. The van der Waals surface area contributed by atoms with Crippen LogP contribution in [0.4, 0.5) is 0 Å². The highest BCUT2D eigenvalue weighted by Crippen LogP contribution is 2.35. The van der Waals surface area contributed by atoms with Crippen molar-refractivity contribution in [1.29, 1.82) is 0 Å². The number of Topliss-reactive ketones (excluding diaryl/α,β-unsaturated/α-hetero) is 1. The van der Waals surface area contributed by atoms with Gasteiger partial charge in [-0.15, -0.1) is 0 Å². The maximum atomic E-state index is 12.9. The highest BCUT2D eigenvalue weighted by atomic mass is 16.1. The highest BCUT2D eigenvalue weighted by Gasteiger charge is 2.27. The van der Waals surface area contributed by atoms with Gasteiger partial charge >= 0.3 is 0 Å². The van der Waals surface area contributed by atoms with Gasteiger partial charge < -0.3 is 9.88 Å². The molecule has 1 amide bonds. The number of carbonyl (C=O) groups excluding carboxylic acids is 2. The lowest BCUT2D eigenvalue weighted by atomic mass is 9.96. The van der Waals surface area contributed by atoms with E-state index in [1.165, 1.54) is 0 Å². The number of benzene rings is 2. The predicted molar refractivity (Wildman–Crippen MR) is 118 cm³/mol. The maximum Gasteiger partial charge on any atom is 0.226 e. The average Bonchev–Trinajstić information content (AvgIpc) is 2.93. The molecule has 0 saturated carbocycles. The van der Waals surface area contributed by atoms with Gasteiger partial charge in [-0.25, -0.2) is 0 Å². The van der Waals surface area contributed by atoms with Gasteiger partial charge in [0.25, 0.3) is 0 Å². The van der Waals surface area contributed by atoms with E-state index in [9.17, 15) is 9.59 Å². The number of rotatable bonds is 5. The van der Waals surface area contributed by atoms with Crippen LogP contribution >= 0.6 is 0 Å². The van der Waals surface area contributed by atoms with E-state index in [1.807, 2.05) is 92.9 Å². The Morgan fingerprint density at radius 3 is 2.00 bits per heavy atom. The lowest BCUT2D eigenvalue weighted by molar-refractivity contribution is -0.121.